The van der Waals surface area contributed by atoms with Crippen LogP contribution in [-0.2, 0) is 4.74 Å². The number of nitriles is 1. The van der Waals surface area contributed by atoms with Gasteiger partial charge in [-0.3, -0.25) is 0 Å². The zero-order valence-electron chi connectivity index (χ0n) is 14.9. The van der Waals surface area contributed by atoms with Gasteiger partial charge < -0.3 is 10.1 Å². The quantitative estimate of drug-likeness (QED) is 0.676. The first kappa shape index (κ1) is 17.9. The molecule has 1 N–H and O–H groups in total. The van der Waals surface area contributed by atoms with Crippen molar-refractivity contribution >= 4 is 17.4 Å². The Morgan fingerprint density at radius 1 is 1.11 bits per heavy atom. The lowest BCUT2D eigenvalue weighted by Gasteiger charge is -2.14. The van der Waals surface area contributed by atoms with Gasteiger partial charge in [0.1, 0.15) is 17.6 Å². The number of nitrogens with zero attached hydrogens (tertiary/aromatic N) is 1. The molecule has 0 unspecified atom stereocenters. The molecule has 1 aromatic heterocycles. The fourth-order valence-corrected chi connectivity index (χ4v) is 4.00. The van der Waals surface area contributed by atoms with Crippen molar-refractivity contribution in [3.63, 3.8) is 0 Å². The van der Waals surface area contributed by atoms with E-state index in [0.717, 1.165) is 5.56 Å². The fourth-order valence-electron chi connectivity index (χ4n) is 3.37. The highest BCUT2D eigenvalue weighted by atomic mass is 32.1. The zero-order chi connectivity index (χ0) is 19.3. The molecule has 0 aliphatic heterocycles. The minimum Gasteiger partial charge on any atom is -0.449 e. The molecule has 1 aliphatic carbocycles. The summed E-state index contributed by atoms with van der Waals surface area (Å²) < 4.78 is 5.45. The molecule has 1 aliphatic rings. The van der Waals surface area contributed by atoms with Gasteiger partial charge in [0.05, 0.1) is 6.54 Å². The van der Waals surface area contributed by atoms with Gasteiger partial charge in [0.25, 0.3) is 0 Å². The number of thiophene rings is 1. The lowest BCUT2D eigenvalue weighted by Crippen LogP contribution is -2.26. The topological polar surface area (TPSA) is 62.1 Å². The van der Waals surface area contributed by atoms with Crippen LogP contribution in [0.25, 0.3) is 11.1 Å². The van der Waals surface area contributed by atoms with Crippen LogP contribution < -0.4 is 5.32 Å². The third-order valence-corrected chi connectivity index (χ3v) is 5.44. The average Bonchev–Trinajstić information content (AvgIpc) is 3.32. The smallest absolute Gasteiger partial charge is 0.407 e. The van der Waals surface area contributed by atoms with Crippen molar-refractivity contribution in [2.75, 3.05) is 13.2 Å². The first-order valence-corrected chi connectivity index (χ1v) is 9.70. The minimum atomic E-state index is -0.487. The number of benzene rings is 2. The summed E-state index contributed by atoms with van der Waals surface area (Å²) in [5, 5.41) is 13.3. The number of ether oxygens (including phenoxy) is 1. The van der Waals surface area contributed by atoms with Gasteiger partial charge in [0.2, 0.25) is 0 Å². The molecule has 0 spiro atoms. The van der Waals surface area contributed by atoms with Crippen LogP contribution in [0.4, 0.5) is 4.79 Å². The molecule has 1 amide bonds. The molecule has 3 aromatic rings. The number of hydrogen-bond acceptors (Lipinski definition) is 4. The lowest BCUT2D eigenvalue weighted by molar-refractivity contribution is 0.144. The molecule has 0 bridgehead atoms. The maximum Gasteiger partial charge on any atom is 0.407 e. The Labute approximate surface area is 167 Å². The van der Waals surface area contributed by atoms with Gasteiger partial charge in [0, 0.05) is 16.9 Å². The monoisotopic (exact) mass is 384 g/mol. The van der Waals surface area contributed by atoms with E-state index < -0.39 is 6.09 Å². The van der Waals surface area contributed by atoms with E-state index in [1.54, 1.807) is 6.07 Å². The van der Waals surface area contributed by atoms with Crippen LogP contribution >= 0.6 is 11.3 Å². The van der Waals surface area contributed by atoms with E-state index in [1.807, 2.05) is 29.6 Å². The number of nitrogens with one attached hydrogen (secondary N) is 1. The highest BCUT2D eigenvalue weighted by Gasteiger charge is 2.28. The van der Waals surface area contributed by atoms with Crippen molar-refractivity contribution in [3.8, 4) is 29.0 Å². The lowest BCUT2D eigenvalue weighted by atomic mass is 9.98. The average molecular weight is 384 g/mol. The molecule has 0 radical (unpaired) electrons. The fraction of sp³-hybridized carbons (Fsp3) is 0.130. The predicted octanol–water partition coefficient (Wildman–Crippen LogP) is 4.51. The van der Waals surface area contributed by atoms with Crippen LogP contribution in [0.2, 0.25) is 0 Å². The van der Waals surface area contributed by atoms with Crippen LogP contribution in [0, 0.1) is 23.2 Å². The second-order valence-corrected chi connectivity index (χ2v) is 7.20. The Morgan fingerprint density at radius 2 is 1.79 bits per heavy atom. The Hall–Kier alpha value is -3.54. The van der Waals surface area contributed by atoms with Crippen molar-refractivity contribution in [1.82, 2.24) is 5.32 Å². The third-order valence-electron chi connectivity index (χ3n) is 4.61. The van der Waals surface area contributed by atoms with Crippen molar-refractivity contribution in [2.24, 2.45) is 0 Å². The molecule has 5 heteroatoms. The van der Waals surface area contributed by atoms with Gasteiger partial charge in [-0.25, -0.2) is 4.79 Å². The number of carbonyl (C=O) groups is 1. The number of carbonyl (C=O) groups excluding carboxylic acids is 1. The van der Waals surface area contributed by atoms with E-state index in [1.165, 1.54) is 33.6 Å². The summed E-state index contributed by atoms with van der Waals surface area (Å²) in [6.45, 7) is 0.470. The second kappa shape index (κ2) is 8.00. The van der Waals surface area contributed by atoms with Crippen molar-refractivity contribution in [3.05, 3.63) is 81.5 Å². The Morgan fingerprint density at radius 3 is 2.43 bits per heavy atom. The standard InChI is InChI=1S/C23H16N2O2S/c24-13-17-12-16(15-28-17)6-5-11-25-23(26)27-14-22-20-9-3-1-7-18(20)19-8-2-4-10-21(19)22/h1-4,7-10,12,15,22H,11,14H2,(H,25,26). The summed E-state index contributed by atoms with van der Waals surface area (Å²) in [5.41, 5.74) is 5.54. The number of fused-ring (bicyclic) bond motifs is 3. The largest absolute Gasteiger partial charge is 0.449 e. The molecule has 2 aromatic carbocycles. The summed E-state index contributed by atoms with van der Waals surface area (Å²) in [5.74, 6) is 5.82. The first-order valence-electron chi connectivity index (χ1n) is 8.82. The number of amides is 1. The Bertz CT molecular complexity index is 1090. The Balaban J connectivity index is 1.35. The molecule has 0 fully saturated rings. The Kier molecular flexibility index (Phi) is 5.10. The third kappa shape index (κ3) is 3.62. The van der Waals surface area contributed by atoms with E-state index in [2.05, 4.69) is 47.5 Å². The first-order chi connectivity index (χ1) is 13.8. The van der Waals surface area contributed by atoms with Crippen LogP contribution in [0.3, 0.4) is 0 Å². The number of rotatable bonds is 3. The molecule has 4 rings (SSSR count). The maximum atomic E-state index is 12.0. The van der Waals surface area contributed by atoms with Crippen LogP contribution in [0.5, 0.6) is 0 Å². The molecule has 0 atom stereocenters. The van der Waals surface area contributed by atoms with Crippen molar-refractivity contribution in [2.45, 2.75) is 5.92 Å². The van der Waals surface area contributed by atoms with E-state index in [4.69, 9.17) is 10.00 Å². The van der Waals surface area contributed by atoms with E-state index in [0.29, 0.717) is 4.88 Å². The van der Waals surface area contributed by atoms with Gasteiger partial charge in [-0.2, -0.15) is 5.26 Å². The molecule has 4 nitrogen and oxygen atoms in total. The van der Waals surface area contributed by atoms with Crippen molar-refractivity contribution in [1.29, 1.82) is 5.26 Å². The summed E-state index contributed by atoms with van der Waals surface area (Å²) >= 11 is 1.35. The van der Waals surface area contributed by atoms with Crippen LogP contribution in [0.15, 0.2) is 60.0 Å². The molecular formula is C23H16N2O2S. The number of alkyl carbamates (subject to hydrolysis) is 1. The van der Waals surface area contributed by atoms with E-state index in [-0.39, 0.29) is 19.1 Å². The SMILES string of the molecule is N#Cc1cc(C#CCNC(=O)OCC2c3ccccc3-c3ccccc32)cs1. The second-order valence-electron chi connectivity index (χ2n) is 6.29. The van der Waals surface area contributed by atoms with Gasteiger partial charge in [-0.15, -0.1) is 11.3 Å². The molecule has 136 valence electrons. The molecule has 0 saturated heterocycles. The number of hydrogen-bond donors (Lipinski definition) is 1. The summed E-state index contributed by atoms with van der Waals surface area (Å²) in [4.78, 5) is 12.7. The molecule has 28 heavy (non-hydrogen) atoms. The van der Waals surface area contributed by atoms with Crippen LogP contribution in [0.1, 0.15) is 27.5 Å². The van der Waals surface area contributed by atoms with Gasteiger partial charge in [-0.1, -0.05) is 60.4 Å². The minimum absolute atomic E-state index is 0.0412. The predicted molar refractivity (Wildman–Crippen MR) is 109 cm³/mol. The summed E-state index contributed by atoms with van der Waals surface area (Å²) in [7, 11) is 0. The van der Waals surface area contributed by atoms with Gasteiger partial charge >= 0.3 is 6.09 Å². The van der Waals surface area contributed by atoms with Crippen LogP contribution in [-0.4, -0.2) is 19.2 Å². The van der Waals surface area contributed by atoms with Gasteiger partial charge in [-0.05, 0) is 28.3 Å². The maximum absolute atomic E-state index is 12.0. The normalized spacial score (nSPS) is 11.5. The zero-order valence-corrected chi connectivity index (χ0v) is 15.8. The van der Waals surface area contributed by atoms with Gasteiger partial charge in [0.15, 0.2) is 0 Å². The highest BCUT2D eigenvalue weighted by Crippen LogP contribution is 2.44. The molecule has 0 saturated carbocycles. The van der Waals surface area contributed by atoms with Crippen molar-refractivity contribution < 1.29 is 9.53 Å². The highest BCUT2D eigenvalue weighted by molar-refractivity contribution is 7.10. The summed E-state index contributed by atoms with van der Waals surface area (Å²) in [6, 6.07) is 20.2. The summed E-state index contributed by atoms with van der Waals surface area (Å²) in [6.07, 6.45) is -0.487. The van der Waals surface area contributed by atoms with E-state index >= 15 is 0 Å². The molecular weight excluding hydrogens is 368 g/mol. The van der Waals surface area contributed by atoms with E-state index in [9.17, 15) is 4.79 Å². The molecule has 1 heterocycles.